The molecule has 7 nitrogen and oxygen atoms in total. The molecule has 0 bridgehead atoms. The third-order valence-corrected chi connectivity index (χ3v) is 4.55. The maximum atomic E-state index is 9.87. The van der Waals surface area contributed by atoms with Crippen LogP contribution in [-0.4, -0.2) is 76.2 Å². The molecule has 0 aromatic carbocycles. The Balaban J connectivity index is 0. The van der Waals surface area contributed by atoms with Crippen LogP contribution in [0.25, 0.3) is 0 Å². The minimum atomic E-state index is -10.7. The van der Waals surface area contributed by atoms with E-state index in [4.69, 9.17) is 10.5 Å². The van der Waals surface area contributed by atoms with Crippen LogP contribution in [-0.2, 0) is 37.8 Å². The van der Waals surface area contributed by atoms with Crippen LogP contribution in [0.1, 0.15) is 11.4 Å². The van der Waals surface area contributed by atoms with Crippen LogP contribution < -0.4 is 0 Å². The average Bonchev–Trinajstić information content (AvgIpc) is 2.85. The van der Waals surface area contributed by atoms with Crippen molar-refractivity contribution in [1.82, 2.24) is 24.7 Å². The Bertz CT molecular complexity index is 904. The zero-order chi connectivity index (χ0) is 31.4. The summed E-state index contributed by atoms with van der Waals surface area (Å²) >= 11 is 0. The first kappa shape index (κ1) is 41.9. The van der Waals surface area contributed by atoms with E-state index in [-0.39, 0.29) is 19.5 Å². The maximum Gasteiger partial charge on any atom is 5.00 e. The van der Waals surface area contributed by atoms with Gasteiger partial charge in [0.2, 0.25) is 0 Å². The van der Waals surface area contributed by atoms with E-state index in [2.05, 4.69) is 56.0 Å². The fourth-order valence-corrected chi connectivity index (χ4v) is 3.00. The second kappa shape index (κ2) is 14.5. The van der Waals surface area contributed by atoms with E-state index in [1.165, 1.54) is 0 Å². The molecule has 3 rings (SSSR count). The molecule has 2 radical (unpaired) electrons. The van der Waals surface area contributed by atoms with Gasteiger partial charge in [0.05, 0.1) is 11.4 Å². The fourth-order valence-electron chi connectivity index (χ4n) is 3.00. The number of hydrogen-bond donors (Lipinski definition) is 1. The summed E-state index contributed by atoms with van der Waals surface area (Å²) < 4.78 is 118. The molecule has 1 fully saturated rings. The summed E-state index contributed by atoms with van der Waals surface area (Å²) in [6, 6.07) is 12.3. The number of halogens is 12. The molecule has 0 saturated carbocycles. The zero-order valence-corrected chi connectivity index (χ0v) is 24.7. The molecule has 41 heavy (non-hydrogen) atoms. The van der Waals surface area contributed by atoms with Gasteiger partial charge in [-0.1, -0.05) is 12.1 Å². The quantitative estimate of drug-likeness (QED) is 0.111. The standard InChI is InChI=1S/C19H27N5.2F6P.HO2.Ru/c1-22-10-12-23(16-18-6-2-4-8-20-18)14-15-24(13-11-22)17-19-7-3-5-9-21-19;2*1-7(2,3,4,5)6;1-2;/h2-9H,10-17H2,1H3;;;1H;/q;2*-1;;+5. The van der Waals surface area contributed by atoms with Gasteiger partial charge in [-0.05, 0) is 36.6 Å². The molecular formula is C19H28F12N5O2P2Ru+3. The van der Waals surface area contributed by atoms with Gasteiger partial charge >= 0.3 is 85.5 Å². The van der Waals surface area contributed by atoms with Crippen molar-refractivity contribution in [2.45, 2.75) is 13.1 Å². The number of aromatic nitrogens is 2. The van der Waals surface area contributed by atoms with Gasteiger partial charge in [0.25, 0.3) is 0 Å². The molecule has 3 heterocycles. The van der Waals surface area contributed by atoms with Gasteiger partial charge in [0, 0.05) is 64.8 Å². The summed E-state index contributed by atoms with van der Waals surface area (Å²) in [5.74, 6) is 0. The fraction of sp³-hybridized carbons (Fsp3) is 0.474. The second-order valence-electron chi connectivity index (χ2n) is 8.41. The number of pyridine rings is 2. The number of rotatable bonds is 4. The van der Waals surface area contributed by atoms with Gasteiger partial charge in [-0.2, -0.15) is 0 Å². The molecule has 0 aliphatic carbocycles. The van der Waals surface area contributed by atoms with Crippen LogP contribution >= 0.6 is 15.6 Å². The summed E-state index contributed by atoms with van der Waals surface area (Å²) in [4.78, 5) is 16.4. The predicted octanol–water partition coefficient (Wildman–Crippen LogP) is 8.38. The minimum Gasteiger partial charge on any atom is -0.219 e. The van der Waals surface area contributed by atoms with Crippen molar-refractivity contribution in [3.8, 4) is 0 Å². The molecule has 1 aliphatic heterocycles. The Labute approximate surface area is 240 Å². The Morgan fingerprint density at radius 1 is 0.610 bits per heavy atom. The molecule has 2 aromatic heterocycles. The normalized spacial score (nSPS) is 19.0. The molecule has 1 aliphatic rings. The monoisotopic (exact) mass is 750 g/mol. The number of hydrogen-bond acceptors (Lipinski definition) is 6. The average molecular weight is 749 g/mol. The van der Waals surface area contributed by atoms with Gasteiger partial charge in [-0.15, -0.1) is 0 Å². The maximum absolute atomic E-state index is 10.7. The minimum absolute atomic E-state index is 0. The molecular weight excluding hydrogens is 721 g/mol. The van der Waals surface area contributed by atoms with Gasteiger partial charge < -0.3 is 4.90 Å². The van der Waals surface area contributed by atoms with E-state index in [1.54, 1.807) is 0 Å². The Morgan fingerprint density at radius 3 is 1.12 bits per heavy atom. The topological polar surface area (TPSA) is 75.6 Å². The molecule has 240 valence electrons. The predicted molar refractivity (Wildman–Crippen MR) is 127 cm³/mol. The smallest absolute Gasteiger partial charge is 0.219 e. The summed E-state index contributed by atoms with van der Waals surface area (Å²) in [6.45, 7) is 8.36. The first-order valence-electron chi connectivity index (χ1n) is 10.9. The van der Waals surface area contributed by atoms with E-state index in [0.29, 0.717) is 0 Å². The summed E-state index contributed by atoms with van der Waals surface area (Å²) in [5.41, 5.74) is 2.30. The molecule has 0 spiro atoms. The van der Waals surface area contributed by atoms with E-state index < -0.39 is 15.6 Å². The van der Waals surface area contributed by atoms with Crippen molar-refractivity contribution in [1.29, 1.82) is 0 Å². The van der Waals surface area contributed by atoms with Gasteiger partial charge in [0.15, 0.2) is 0 Å². The van der Waals surface area contributed by atoms with Crippen molar-refractivity contribution in [3.63, 3.8) is 0 Å². The number of likely N-dealkylation sites (N-methyl/N-ethyl adjacent to an activating group) is 1. The summed E-state index contributed by atoms with van der Waals surface area (Å²) in [6.07, 6.45) is 3.76. The van der Waals surface area contributed by atoms with Crippen molar-refractivity contribution < 1.29 is 80.4 Å². The van der Waals surface area contributed by atoms with E-state index in [9.17, 15) is 50.4 Å². The second-order valence-corrected chi connectivity index (χ2v) is 12.2. The van der Waals surface area contributed by atoms with Gasteiger partial charge in [-0.25, -0.2) is 5.26 Å². The third kappa shape index (κ3) is 36.7. The Kier molecular flexibility index (Phi) is 14.8. The van der Waals surface area contributed by atoms with E-state index in [0.717, 1.165) is 63.7 Å². The summed E-state index contributed by atoms with van der Waals surface area (Å²) in [5, 5.41) is 13.0. The Hall–Kier alpha value is -1.26. The molecule has 2 aromatic rings. The van der Waals surface area contributed by atoms with Crippen LogP contribution in [0.4, 0.5) is 50.4 Å². The zero-order valence-electron chi connectivity index (χ0n) is 21.2. The SMILES string of the molecule is CN1CCN(Cc2ccccn2)CCN(Cc2ccccn2)CC1.F[P-](F)(F)(F)(F)F.F[P-](F)(F)(F)(F)F.[O]O.[Ru+5]. The van der Waals surface area contributed by atoms with Crippen molar-refractivity contribution in [2.24, 2.45) is 0 Å². The van der Waals surface area contributed by atoms with Gasteiger partial charge in [-0.3, -0.25) is 19.8 Å². The molecule has 0 amide bonds. The van der Waals surface area contributed by atoms with Crippen molar-refractivity contribution >= 4 is 15.6 Å². The summed E-state index contributed by atoms with van der Waals surface area (Å²) in [7, 11) is -19.1. The largest absolute Gasteiger partial charge is 5.00 e. The van der Waals surface area contributed by atoms with E-state index >= 15 is 0 Å². The van der Waals surface area contributed by atoms with Crippen molar-refractivity contribution in [2.75, 3.05) is 46.3 Å². The molecule has 1 saturated heterocycles. The first-order chi connectivity index (χ1) is 17.7. The van der Waals surface area contributed by atoms with Crippen LogP contribution in [0.15, 0.2) is 48.8 Å². The molecule has 0 unspecified atom stereocenters. The van der Waals surface area contributed by atoms with Crippen molar-refractivity contribution in [3.05, 3.63) is 60.2 Å². The van der Waals surface area contributed by atoms with Crippen LogP contribution in [0.5, 0.6) is 0 Å². The molecule has 22 heteroatoms. The van der Waals surface area contributed by atoms with Crippen LogP contribution in [0.3, 0.4) is 0 Å². The number of nitrogens with zero attached hydrogens (tertiary/aromatic N) is 5. The Morgan fingerprint density at radius 2 is 0.878 bits per heavy atom. The van der Waals surface area contributed by atoms with Gasteiger partial charge in [0.1, 0.15) is 0 Å². The molecule has 0 atom stereocenters. The van der Waals surface area contributed by atoms with E-state index in [1.807, 2.05) is 24.5 Å². The van der Waals surface area contributed by atoms with Crippen LogP contribution in [0.2, 0.25) is 0 Å². The first-order valence-corrected chi connectivity index (χ1v) is 15.0. The van der Waals surface area contributed by atoms with Crippen LogP contribution in [0, 0.1) is 0 Å². The third-order valence-electron chi connectivity index (χ3n) is 4.55. The molecule has 1 N–H and O–H groups in total.